The minimum Gasteiger partial charge on any atom is -0.126 e. The Morgan fingerprint density at radius 1 is 1.00 bits per heavy atom. The van der Waals surface area contributed by atoms with E-state index in [1.807, 2.05) is 36.4 Å². The second-order valence-electron chi connectivity index (χ2n) is 4.20. The molecule has 2 aromatic rings. The van der Waals surface area contributed by atoms with E-state index < -0.39 is 0 Å². The molecule has 1 unspecified atom stereocenters. The molecule has 94 valence electrons. The van der Waals surface area contributed by atoms with Gasteiger partial charge in [-0.25, -0.2) is 0 Å². The molecule has 18 heavy (non-hydrogen) atoms. The van der Waals surface area contributed by atoms with Crippen molar-refractivity contribution in [1.82, 2.24) is 0 Å². The number of rotatable bonds is 4. The van der Waals surface area contributed by atoms with Gasteiger partial charge in [0.1, 0.15) is 0 Å². The molecule has 0 saturated carbocycles. The first kappa shape index (κ1) is 13.9. The molecule has 0 spiro atoms. The molecule has 0 saturated heterocycles. The van der Waals surface area contributed by atoms with E-state index in [9.17, 15) is 0 Å². The molecule has 0 radical (unpaired) electrons. The summed E-state index contributed by atoms with van der Waals surface area (Å²) in [5.74, 6) is 0.908. The van der Waals surface area contributed by atoms with Gasteiger partial charge < -0.3 is 0 Å². The molecule has 0 bridgehead atoms. The molecule has 0 aromatic heterocycles. The van der Waals surface area contributed by atoms with E-state index in [4.69, 9.17) is 23.2 Å². The molecule has 2 rings (SSSR count). The van der Waals surface area contributed by atoms with Crippen LogP contribution in [0.25, 0.3) is 0 Å². The zero-order valence-electron chi connectivity index (χ0n) is 9.74. The van der Waals surface area contributed by atoms with Gasteiger partial charge in [-0.15, -0.1) is 11.6 Å². The molecule has 0 aliphatic carbocycles. The molecule has 0 nitrogen and oxygen atoms in total. The molecule has 0 aliphatic rings. The largest absolute Gasteiger partial charge is 0.126 e. The summed E-state index contributed by atoms with van der Waals surface area (Å²) in [6.07, 6.45) is 0.923. The molecule has 1 atom stereocenters. The number of halogens is 3. The van der Waals surface area contributed by atoms with Crippen molar-refractivity contribution in [3.05, 3.63) is 69.2 Å². The van der Waals surface area contributed by atoms with E-state index in [-0.39, 0.29) is 0 Å². The normalized spacial score (nSPS) is 12.4. The third kappa shape index (κ3) is 3.50. The third-order valence-corrected chi connectivity index (χ3v) is 4.35. The van der Waals surface area contributed by atoms with Crippen LogP contribution in [0.2, 0.25) is 5.02 Å². The van der Waals surface area contributed by atoms with Gasteiger partial charge in [-0.05, 0) is 35.7 Å². The van der Waals surface area contributed by atoms with Crippen LogP contribution >= 0.6 is 39.1 Å². The number of alkyl halides is 1. The van der Waals surface area contributed by atoms with E-state index in [0.29, 0.717) is 11.8 Å². The molecule has 0 fully saturated rings. The monoisotopic (exact) mass is 342 g/mol. The molecule has 2 aromatic carbocycles. The van der Waals surface area contributed by atoms with Crippen LogP contribution < -0.4 is 0 Å². The molecule has 3 heteroatoms. The zero-order chi connectivity index (χ0) is 13.0. The summed E-state index contributed by atoms with van der Waals surface area (Å²) in [6.45, 7) is 0. The standard InChI is InChI=1S/C15H13BrCl2/c16-15-4-2-1-3-12(15)9-13(10-17)11-5-7-14(18)8-6-11/h1-8,13H,9-10H2. The molecular weight excluding hydrogens is 331 g/mol. The Kier molecular flexibility index (Phi) is 5.11. The van der Waals surface area contributed by atoms with Crippen LogP contribution in [0.15, 0.2) is 53.0 Å². The Hall–Kier alpha value is -0.500. The molecule has 0 heterocycles. The van der Waals surface area contributed by atoms with E-state index in [2.05, 4.69) is 28.1 Å². The van der Waals surface area contributed by atoms with Crippen molar-refractivity contribution in [2.75, 3.05) is 5.88 Å². The first-order valence-corrected chi connectivity index (χ1v) is 7.46. The van der Waals surface area contributed by atoms with Crippen molar-refractivity contribution in [3.63, 3.8) is 0 Å². The Balaban J connectivity index is 2.20. The van der Waals surface area contributed by atoms with Crippen molar-refractivity contribution in [1.29, 1.82) is 0 Å². The summed E-state index contributed by atoms with van der Waals surface area (Å²) in [5.41, 5.74) is 2.50. The lowest BCUT2D eigenvalue weighted by atomic mass is 9.94. The van der Waals surface area contributed by atoms with Gasteiger partial charge in [0.15, 0.2) is 0 Å². The van der Waals surface area contributed by atoms with Crippen molar-refractivity contribution in [2.24, 2.45) is 0 Å². The van der Waals surface area contributed by atoms with Crippen LogP contribution in [0.1, 0.15) is 17.0 Å². The Labute approximate surface area is 126 Å². The maximum absolute atomic E-state index is 6.10. The number of hydrogen-bond acceptors (Lipinski definition) is 0. The second-order valence-corrected chi connectivity index (χ2v) is 5.80. The Morgan fingerprint density at radius 2 is 1.67 bits per heavy atom. The SMILES string of the molecule is ClCC(Cc1ccccc1Br)c1ccc(Cl)cc1. The zero-order valence-corrected chi connectivity index (χ0v) is 12.8. The van der Waals surface area contributed by atoms with E-state index in [0.717, 1.165) is 15.9 Å². The lowest BCUT2D eigenvalue weighted by Gasteiger charge is -2.15. The lowest BCUT2D eigenvalue weighted by molar-refractivity contribution is 0.764. The fourth-order valence-electron chi connectivity index (χ4n) is 1.93. The molecule has 0 N–H and O–H groups in total. The first-order chi connectivity index (χ1) is 8.70. The van der Waals surface area contributed by atoms with Crippen molar-refractivity contribution in [3.8, 4) is 0 Å². The smallest absolute Gasteiger partial charge is 0.0406 e. The van der Waals surface area contributed by atoms with Crippen molar-refractivity contribution in [2.45, 2.75) is 12.3 Å². The van der Waals surface area contributed by atoms with Crippen LogP contribution in [0.4, 0.5) is 0 Å². The third-order valence-electron chi connectivity index (χ3n) is 2.95. The van der Waals surface area contributed by atoms with Gasteiger partial charge in [-0.2, -0.15) is 0 Å². The lowest BCUT2D eigenvalue weighted by Crippen LogP contribution is -2.05. The molecule has 0 amide bonds. The predicted octanol–water partition coefficient (Wildman–Crippen LogP) is 5.67. The topological polar surface area (TPSA) is 0 Å². The maximum atomic E-state index is 6.10. The van der Waals surface area contributed by atoms with Crippen LogP contribution in [0.5, 0.6) is 0 Å². The van der Waals surface area contributed by atoms with Gasteiger partial charge in [0, 0.05) is 21.3 Å². The first-order valence-electron chi connectivity index (χ1n) is 5.75. The summed E-state index contributed by atoms with van der Waals surface area (Å²) in [4.78, 5) is 0. The fraction of sp³-hybridized carbons (Fsp3) is 0.200. The van der Waals surface area contributed by atoms with Gasteiger partial charge in [0.25, 0.3) is 0 Å². The summed E-state index contributed by atoms with van der Waals surface area (Å²) in [5, 5.41) is 0.757. The fourth-order valence-corrected chi connectivity index (χ4v) is 2.79. The Bertz CT molecular complexity index is 508. The average molecular weight is 344 g/mol. The van der Waals surface area contributed by atoms with Crippen molar-refractivity contribution < 1.29 is 0 Å². The van der Waals surface area contributed by atoms with Crippen LogP contribution in [0, 0.1) is 0 Å². The highest BCUT2D eigenvalue weighted by molar-refractivity contribution is 9.10. The highest BCUT2D eigenvalue weighted by Gasteiger charge is 2.12. The minimum absolute atomic E-state index is 0.308. The summed E-state index contributed by atoms with van der Waals surface area (Å²) in [6, 6.07) is 16.2. The van der Waals surface area contributed by atoms with Crippen LogP contribution in [-0.4, -0.2) is 5.88 Å². The highest BCUT2D eigenvalue weighted by atomic mass is 79.9. The Morgan fingerprint density at radius 3 is 2.28 bits per heavy atom. The molecule has 0 aliphatic heterocycles. The van der Waals surface area contributed by atoms with Gasteiger partial charge >= 0.3 is 0 Å². The summed E-state index contributed by atoms with van der Waals surface area (Å²) < 4.78 is 1.13. The van der Waals surface area contributed by atoms with E-state index in [1.54, 1.807) is 0 Å². The highest BCUT2D eigenvalue weighted by Crippen LogP contribution is 2.27. The van der Waals surface area contributed by atoms with Crippen LogP contribution in [-0.2, 0) is 6.42 Å². The number of hydrogen-bond donors (Lipinski definition) is 0. The summed E-state index contributed by atoms with van der Waals surface area (Å²) >= 11 is 15.6. The predicted molar refractivity (Wildman–Crippen MR) is 82.8 cm³/mol. The van der Waals surface area contributed by atoms with Crippen molar-refractivity contribution >= 4 is 39.1 Å². The van der Waals surface area contributed by atoms with Crippen LogP contribution in [0.3, 0.4) is 0 Å². The number of benzene rings is 2. The second kappa shape index (κ2) is 6.60. The summed E-state index contributed by atoms with van der Waals surface area (Å²) in [7, 11) is 0. The van der Waals surface area contributed by atoms with Gasteiger partial charge in [-0.3, -0.25) is 0 Å². The maximum Gasteiger partial charge on any atom is 0.0406 e. The van der Waals surface area contributed by atoms with Gasteiger partial charge in [-0.1, -0.05) is 57.9 Å². The quantitative estimate of drug-likeness (QED) is 0.627. The van der Waals surface area contributed by atoms with E-state index in [1.165, 1.54) is 11.1 Å². The van der Waals surface area contributed by atoms with Gasteiger partial charge in [0.2, 0.25) is 0 Å². The molecular formula is C15H13BrCl2. The average Bonchev–Trinajstić information content (AvgIpc) is 2.39. The van der Waals surface area contributed by atoms with E-state index >= 15 is 0 Å². The van der Waals surface area contributed by atoms with Gasteiger partial charge in [0.05, 0.1) is 0 Å². The minimum atomic E-state index is 0.308.